The summed E-state index contributed by atoms with van der Waals surface area (Å²) in [6.45, 7) is 2.52. The van der Waals surface area contributed by atoms with Gasteiger partial charge in [-0.05, 0) is 19.1 Å². The topological polar surface area (TPSA) is 52.6 Å². The van der Waals surface area contributed by atoms with Gasteiger partial charge < -0.3 is 15.3 Å². The average Bonchev–Trinajstić information content (AvgIpc) is 2.68. The van der Waals surface area contributed by atoms with Gasteiger partial charge in [-0.2, -0.15) is 0 Å². The van der Waals surface area contributed by atoms with E-state index >= 15 is 0 Å². The number of benzene rings is 1. The number of aliphatic carboxylic acids is 1. The number of nitrogens with one attached hydrogen (secondary N) is 1. The number of hydrogen-bond acceptors (Lipinski definition) is 3. The summed E-state index contributed by atoms with van der Waals surface area (Å²) in [7, 11) is 0. The van der Waals surface area contributed by atoms with E-state index in [1.54, 1.807) is 6.20 Å². The van der Waals surface area contributed by atoms with Crippen LogP contribution in [0.25, 0.3) is 0 Å². The predicted octanol–water partition coefficient (Wildman–Crippen LogP) is 1.29. The molecule has 0 bridgehead atoms. The fourth-order valence-electron chi connectivity index (χ4n) is 1.45. The molecule has 4 heteroatoms. The molecule has 78 valence electrons. The summed E-state index contributed by atoms with van der Waals surface area (Å²) < 4.78 is 0. The molecule has 0 amide bonds. The molecule has 1 aromatic rings. The lowest BCUT2D eigenvalue weighted by Gasteiger charge is -2.14. The van der Waals surface area contributed by atoms with E-state index in [0.29, 0.717) is 6.67 Å². The molecule has 0 saturated heterocycles. The third-order valence-electron chi connectivity index (χ3n) is 2.32. The second-order valence-electron chi connectivity index (χ2n) is 3.49. The summed E-state index contributed by atoms with van der Waals surface area (Å²) in [6, 6.07) is 7.94. The lowest BCUT2D eigenvalue weighted by atomic mass is 10.2. The molecule has 0 saturated carbocycles. The maximum atomic E-state index is 10.7. The molecule has 1 aliphatic rings. The maximum Gasteiger partial charge on any atom is 0.353 e. The van der Waals surface area contributed by atoms with E-state index in [0.717, 1.165) is 5.69 Å². The summed E-state index contributed by atoms with van der Waals surface area (Å²) in [5.74, 6) is -0.926. The van der Waals surface area contributed by atoms with Crippen LogP contribution in [0.2, 0.25) is 0 Å². The van der Waals surface area contributed by atoms with E-state index in [4.69, 9.17) is 5.11 Å². The molecular weight excluding hydrogens is 192 g/mol. The van der Waals surface area contributed by atoms with E-state index in [1.165, 1.54) is 5.56 Å². The van der Waals surface area contributed by atoms with Crippen LogP contribution in [-0.4, -0.2) is 17.7 Å². The Morgan fingerprint density at radius 2 is 2.07 bits per heavy atom. The summed E-state index contributed by atoms with van der Waals surface area (Å²) in [5.41, 5.74) is 2.41. The number of hydrogen-bond donors (Lipinski definition) is 2. The van der Waals surface area contributed by atoms with E-state index in [1.807, 2.05) is 36.1 Å². The first kappa shape index (κ1) is 9.58. The van der Waals surface area contributed by atoms with Crippen molar-refractivity contribution < 1.29 is 9.90 Å². The van der Waals surface area contributed by atoms with Gasteiger partial charge >= 0.3 is 5.97 Å². The zero-order valence-corrected chi connectivity index (χ0v) is 8.40. The van der Waals surface area contributed by atoms with Crippen molar-refractivity contribution in [3.05, 3.63) is 41.7 Å². The van der Waals surface area contributed by atoms with Gasteiger partial charge in [0.15, 0.2) is 0 Å². The van der Waals surface area contributed by atoms with Crippen molar-refractivity contribution in [2.24, 2.45) is 0 Å². The Kier molecular flexibility index (Phi) is 2.33. The minimum absolute atomic E-state index is 0.232. The zero-order chi connectivity index (χ0) is 10.8. The highest BCUT2D eigenvalue weighted by Gasteiger charge is 2.17. The van der Waals surface area contributed by atoms with Crippen LogP contribution >= 0.6 is 0 Å². The van der Waals surface area contributed by atoms with Crippen LogP contribution in [0.4, 0.5) is 5.69 Å². The Balaban J connectivity index is 2.20. The smallest absolute Gasteiger partial charge is 0.353 e. The minimum atomic E-state index is -0.926. The fraction of sp³-hybridized carbons (Fsp3) is 0.182. The van der Waals surface area contributed by atoms with Crippen molar-refractivity contribution in [1.82, 2.24) is 5.32 Å². The van der Waals surface area contributed by atoms with Gasteiger partial charge in [-0.25, -0.2) is 4.79 Å². The Bertz CT molecular complexity index is 409. The highest BCUT2D eigenvalue weighted by atomic mass is 16.4. The van der Waals surface area contributed by atoms with E-state index < -0.39 is 5.97 Å². The number of nitrogens with zero attached hydrogens (tertiary/aromatic N) is 1. The van der Waals surface area contributed by atoms with E-state index in [2.05, 4.69) is 5.32 Å². The molecule has 0 spiro atoms. The van der Waals surface area contributed by atoms with Gasteiger partial charge in [0.1, 0.15) is 5.70 Å². The average molecular weight is 204 g/mol. The van der Waals surface area contributed by atoms with Gasteiger partial charge in [0, 0.05) is 11.9 Å². The van der Waals surface area contributed by atoms with E-state index in [9.17, 15) is 4.79 Å². The van der Waals surface area contributed by atoms with Crippen molar-refractivity contribution in [2.75, 3.05) is 11.6 Å². The van der Waals surface area contributed by atoms with Crippen LogP contribution in [0.15, 0.2) is 36.2 Å². The molecule has 15 heavy (non-hydrogen) atoms. The van der Waals surface area contributed by atoms with Gasteiger partial charge in [0.05, 0.1) is 6.67 Å². The first-order valence-electron chi connectivity index (χ1n) is 4.69. The molecule has 1 aliphatic heterocycles. The van der Waals surface area contributed by atoms with E-state index in [-0.39, 0.29) is 5.70 Å². The standard InChI is InChI=1S/C11H12N2O2/c1-8-2-4-9(5-3-8)13-6-10(11(14)15)12-7-13/h2-6,12H,7H2,1H3,(H,14,15). The number of aryl methyl sites for hydroxylation is 1. The molecule has 1 aromatic carbocycles. The van der Waals surface area contributed by atoms with Crippen LogP contribution in [0, 0.1) is 6.92 Å². The molecule has 2 N–H and O–H groups in total. The van der Waals surface area contributed by atoms with Crippen LogP contribution in [0.1, 0.15) is 5.56 Å². The van der Waals surface area contributed by atoms with Gasteiger partial charge in [-0.3, -0.25) is 0 Å². The number of carbonyl (C=O) groups is 1. The molecule has 0 radical (unpaired) electrons. The van der Waals surface area contributed by atoms with Crippen molar-refractivity contribution in [3.8, 4) is 0 Å². The molecular formula is C11H12N2O2. The lowest BCUT2D eigenvalue weighted by Crippen LogP contribution is -2.22. The van der Waals surface area contributed by atoms with Crippen LogP contribution in [0.5, 0.6) is 0 Å². The largest absolute Gasteiger partial charge is 0.477 e. The summed E-state index contributed by atoms with van der Waals surface area (Å²) >= 11 is 0. The Hall–Kier alpha value is -1.97. The summed E-state index contributed by atoms with van der Waals surface area (Å²) in [5, 5.41) is 11.6. The van der Waals surface area contributed by atoms with Gasteiger partial charge in [-0.15, -0.1) is 0 Å². The molecule has 4 nitrogen and oxygen atoms in total. The van der Waals surface area contributed by atoms with Gasteiger partial charge in [0.2, 0.25) is 0 Å². The monoisotopic (exact) mass is 204 g/mol. The molecule has 2 rings (SSSR count). The van der Waals surface area contributed by atoms with Crippen LogP contribution < -0.4 is 10.2 Å². The predicted molar refractivity (Wildman–Crippen MR) is 57.4 cm³/mol. The molecule has 0 unspecified atom stereocenters. The first-order chi connectivity index (χ1) is 7.16. The normalized spacial score (nSPS) is 14.7. The van der Waals surface area contributed by atoms with Gasteiger partial charge in [0.25, 0.3) is 0 Å². The second-order valence-corrected chi connectivity index (χ2v) is 3.49. The van der Waals surface area contributed by atoms with Crippen molar-refractivity contribution in [3.63, 3.8) is 0 Å². The second kappa shape index (κ2) is 3.65. The molecule has 0 fully saturated rings. The Morgan fingerprint density at radius 3 is 2.60 bits per heavy atom. The quantitative estimate of drug-likeness (QED) is 0.762. The number of rotatable bonds is 2. The van der Waals surface area contributed by atoms with Gasteiger partial charge in [-0.1, -0.05) is 17.7 Å². The van der Waals surface area contributed by atoms with Crippen molar-refractivity contribution in [2.45, 2.75) is 6.92 Å². The third kappa shape index (κ3) is 1.93. The maximum absolute atomic E-state index is 10.7. The fourth-order valence-corrected chi connectivity index (χ4v) is 1.45. The van der Waals surface area contributed by atoms with Crippen molar-refractivity contribution in [1.29, 1.82) is 0 Å². The first-order valence-corrected chi connectivity index (χ1v) is 4.69. The zero-order valence-electron chi connectivity index (χ0n) is 8.40. The van der Waals surface area contributed by atoms with Crippen LogP contribution in [0.3, 0.4) is 0 Å². The third-order valence-corrected chi connectivity index (χ3v) is 2.32. The number of carboxylic acid groups (broad SMARTS) is 1. The summed E-state index contributed by atoms with van der Waals surface area (Å²) in [4.78, 5) is 12.5. The molecule has 0 aliphatic carbocycles. The SMILES string of the molecule is Cc1ccc(N2C=C(C(=O)O)NC2)cc1. The number of anilines is 1. The highest BCUT2D eigenvalue weighted by molar-refractivity contribution is 5.87. The van der Waals surface area contributed by atoms with Crippen molar-refractivity contribution >= 4 is 11.7 Å². The minimum Gasteiger partial charge on any atom is -0.477 e. The molecule has 1 heterocycles. The Labute approximate surface area is 87.8 Å². The molecule has 0 aromatic heterocycles. The van der Waals surface area contributed by atoms with Crippen LogP contribution in [-0.2, 0) is 4.79 Å². The number of carboxylic acids is 1. The Morgan fingerprint density at radius 1 is 1.40 bits per heavy atom. The summed E-state index contributed by atoms with van der Waals surface area (Å²) in [6.07, 6.45) is 1.60. The molecule has 0 atom stereocenters. The lowest BCUT2D eigenvalue weighted by molar-refractivity contribution is -0.132. The highest BCUT2D eigenvalue weighted by Crippen LogP contribution is 2.18.